The number of phenolic OH excluding ortho intramolecular Hbond substituents is 1. The molecule has 1 amide bonds. The number of aromatic hydroxyl groups is 1. The van der Waals surface area contributed by atoms with E-state index in [1.54, 1.807) is 6.92 Å². The van der Waals surface area contributed by atoms with Crippen molar-refractivity contribution in [3.63, 3.8) is 0 Å². The minimum Gasteiger partial charge on any atom is -0.505 e. The van der Waals surface area contributed by atoms with E-state index in [1.165, 1.54) is 18.3 Å². The number of carbonyl (C=O) groups is 1. The van der Waals surface area contributed by atoms with E-state index in [0.29, 0.717) is 16.9 Å². The quantitative estimate of drug-likeness (QED) is 0.743. The Balaban J connectivity index is 2.25. The summed E-state index contributed by atoms with van der Waals surface area (Å²) in [5, 5.41) is 18.6. The Kier molecular flexibility index (Phi) is 3.45. The van der Waals surface area contributed by atoms with Crippen molar-refractivity contribution in [3.8, 4) is 5.75 Å². The van der Waals surface area contributed by atoms with Gasteiger partial charge in [-0.05, 0) is 19.1 Å². The smallest absolute Gasteiger partial charge is 0.259 e. The Labute approximate surface area is 113 Å². The van der Waals surface area contributed by atoms with Gasteiger partial charge in [0.2, 0.25) is 0 Å². The molecule has 18 heavy (non-hydrogen) atoms. The van der Waals surface area contributed by atoms with Gasteiger partial charge in [-0.2, -0.15) is 5.10 Å². The molecule has 0 aliphatic rings. The number of hydrogen-bond acceptors (Lipinski definition) is 3. The molecule has 0 aliphatic heterocycles. The van der Waals surface area contributed by atoms with Gasteiger partial charge in [-0.15, -0.1) is 0 Å². The van der Waals surface area contributed by atoms with Crippen molar-refractivity contribution in [1.29, 1.82) is 0 Å². The van der Waals surface area contributed by atoms with Crippen LogP contribution in [0.3, 0.4) is 0 Å². The maximum atomic E-state index is 11.9. The minimum atomic E-state index is -0.334. The van der Waals surface area contributed by atoms with E-state index < -0.39 is 0 Å². The number of nitrogens with one attached hydrogen (secondary N) is 2. The molecular formula is C11H9Cl2N3O2. The number of H-pyrrole nitrogens is 1. The van der Waals surface area contributed by atoms with Crippen LogP contribution in [0.4, 0.5) is 5.69 Å². The number of aromatic amines is 1. The van der Waals surface area contributed by atoms with E-state index in [0.717, 1.165) is 0 Å². The van der Waals surface area contributed by atoms with E-state index in [9.17, 15) is 9.90 Å². The third kappa shape index (κ3) is 2.42. The molecule has 1 aromatic heterocycles. The number of nitrogens with zero attached hydrogens (tertiary/aromatic N) is 1. The Hall–Kier alpha value is -1.72. The first kappa shape index (κ1) is 12.7. The number of benzene rings is 1. The van der Waals surface area contributed by atoms with Crippen LogP contribution >= 0.6 is 23.2 Å². The lowest BCUT2D eigenvalue weighted by Crippen LogP contribution is -2.12. The second kappa shape index (κ2) is 4.88. The van der Waals surface area contributed by atoms with Crippen LogP contribution in [-0.4, -0.2) is 21.2 Å². The van der Waals surface area contributed by atoms with Gasteiger partial charge in [0.25, 0.3) is 5.91 Å². The summed E-state index contributed by atoms with van der Waals surface area (Å²) >= 11 is 11.5. The molecular weight excluding hydrogens is 277 g/mol. The van der Waals surface area contributed by atoms with Crippen LogP contribution < -0.4 is 5.32 Å². The average molecular weight is 286 g/mol. The third-order valence-corrected chi connectivity index (χ3v) is 2.93. The molecule has 0 bridgehead atoms. The molecule has 94 valence electrons. The lowest BCUT2D eigenvalue weighted by atomic mass is 10.2. The summed E-state index contributed by atoms with van der Waals surface area (Å²) < 4.78 is 0. The summed E-state index contributed by atoms with van der Waals surface area (Å²) in [6.45, 7) is 1.73. The number of amides is 1. The molecule has 0 atom stereocenters. The summed E-state index contributed by atoms with van der Waals surface area (Å²) in [6.07, 6.45) is 1.42. The zero-order valence-corrected chi connectivity index (χ0v) is 10.8. The third-order valence-electron chi connectivity index (χ3n) is 2.35. The van der Waals surface area contributed by atoms with Gasteiger partial charge in [0, 0.05) is 11.4 Å². The van der Waals surface area contributed by atoms with Crippen molar-refractivity contribution in [2.45, 2.75) is 6.92 Å². The monoisotopic (exact) mass is 285 g/mol. The van der Waals surface area contributed by atoms with Crippen molar-refractivity contribution in [1.82, 2.24) is 10.2 Å². The van der Waals surface area contributed by atoms with Gasteiger partial charge in [-0.1, -0.05) is 23.2 Å². The number of aryl methyl sites for hydroxylation is 1. The fourth-order valence-electron chi connectivity index (χ4n) is 1.42. The van der Waals surface area contributed by atoms with Gasteiger partial charge in [0.15, 0.2) is 5.75 Å². The fourth-order valence-corrected chi connectivity index (χ4v) is 1.90. The first-order valence-corrected chi connectivity index (χ1v) is 5.74. The first-order valence-electron chi connectivity index (χ1n) is 4.98. The summed E-state index contributed by atoms with van der Waals surface area (Å²) in [5.74, 6) is -0.546. The van der Waals surface area contributed by atoms with Gasteiger partial charge >= 0.3 is 0 Å². The second-order valence-electron chi connectivity index (χ2n) is 3.65. The van der Waals surface area contributed by atoms with Crippen LogP contribution in [0.25, 0.3) is 0 Å². The first-order chi connectivity index (χ1) is 8.49. The summed E-state index contributed by atoms with van der Waals surface area (Å²) in [7, 11) is 0. The number of anilines is 1. The number of halogens is 2. The molecule has 2 rings (SSSR count). The molecule has 5 nitrogen and oxygen atoms in total. The average Bonchev–Trinajstić information content (AvgIpc) is 2.72. The largest absolute Gasteiger partial charge is 0.505 e. The number of aromatic nitrogens is 2. The number of rotatable bonds is 2. The molecule has 3 N–H and O–H groups in total. The van der Waals surface area contributed by atoms with Crippen LogP contribution in [0.2, 0.25) is 10.0 Å². The highest BCUT2D eigenvalue weighted by molar-refractivity contribution is 6.37. The van der Waals surface area contributed by atoms with Gasteiger partial charge in [-0.25, -0.2) is 0 Å². The Morgan fingerprint density at radius 1 is 1.39 bits per heavy atom. The standard InChI is InChI=1S/C11H9Cl2N3O2/c1-5-7(4-14-16-5)11(18)15-6-2-8(12)10(17)9(13)3-6/h2-4,17H,1H3,(H,14,16)(H,15,18). The summed E-state index contributed by atoms with van der Waals surface area (Å²) in [4.78, 5) is 11.9. The molecule has 0 spiro atoms. The molecule has 1 heterocycles. The lowest BCUT2D eigenvalue weighted by molar-refractivity contribution is 0.102. The lowest BCUT2D eigenvalue weighted by Gasteiger charge is -2.07. The highest BCUT2D eigenvalue weighted by Crippen LogP contribution is 2.34. The van der Waals surface area contributed by atoms with E-state index in [2.05, 4.69) is 15.5 Å². The number of hydrogen-bond donors (Lipinski definition) is 3. The van der Waals surface area contributed by atoms with Crippen molar-refractivity contribution in [3.05, 3.63) is 39.6 Å². The van der Waals surface area contributed by atoms with Gasteiger partial charge in [0.05, 0.1) is 21.8 Å². The molecule has 0 aliphatic carbocycles. The molecule has 0 saturated carbocycles. The number of phenols is 1. The van der Waals surface area contributed by atoms with Crippen molar-refractivity contribution in [2.24, 2.45) is 0 Å². The Morgan fingerprint density at radius 2 is 2.00 bits per heavy atom. The molecule has 0 radical (unpaired) electrons. The van der Waals surface area contributed by atoms with Crippen LogP contribution in [0.15, 0.2) is 18.3 Å². The van der Waals surface area contributed by atoms with Crippen LogP contribution in [0.1, 0.15) is 16.1 Å². The van der Waals surface area contributed by atoms with E-state index in [4.69, 9.17) is 23.2 Å². The van der Waals surface area contributed by atoms with Gasteiger partial charge in [-0.3, -0.25) is 9.89 Å². The molecule has 1 aromatic carbocycles. The van der Waals surface area contributed by atoms with E-state index in [1.807, 2.05) is 0 Å². The topological polar surface area (TPSA) is 78.0 Å². The highest BCUT2D eigenvalue weighted by atomic mass is 35.5. The van der Waals surface area contributed by atoms with Crippen molar-refractivity contribution >= 4 is 34.8 Å². The van der Waals surface area contributed by atoms with E-state index >= 15 is 0 Å². The molecule has 0 fully saturated rings. The molecule has 0 unspecified atom stereocenters. The summed E-state index contributed by atoms with van der Waals surface area (Å²) in [5.41, 5.74) is 1.48. The predicted octanol–water partition coefficient (Wildman–Crippen LogP) is 2.98. The van der Waals surface area contributed by atoms with E-state index in [-0.39, 0.29) is 21.7 Å². The Bertz CT molecular complexity index is 587. The maximum absolute atomic E-state index is 11.9. The van der Waals surface area contributed by atoms with Crippen LogP contribution in [-0.2, 0) is 0 Å². The Morgan fingerprint density at radius 3 is 2.50 bits per heavy atom. The number of carbonyl (C=O) groups excluding carboxylic acids is 1. The predicted molar refractivity (Wildman–Crippen MR) is 69.4 cm³/mol. The minimum absolute atomic E-state index is 0.0710. The summed E-state index contributed by atoms with van der Waals surface area (Å²) in [6, 6.07) is 2.83. The van der Waals surface area contributed by atoms with Gasteiger partial charge in [0.1, 0.15) is 0 Å². The zero-order chi connectivity index (χ0) is 13.3. The highest BCUT2D eigenvalue weighted by Gasteiger charge is 2.13. The molecule has 7 heteroatoms. The molecule has 2 aromatic rings. The van der Waals surface area contributed by atoms with Crippen LogP contribution in [0.5, 0.6) is 5.75 Å². The second-order valence-corrected chi connectivity index (χ2v) is 4.47. The van der Waals surface area contributed by atoms with Crippen molar-refractivity contribution in [2.75, 3.05) is 5.32 Å². The normalized spacial score (nSPS) is 10.4. The van der Waals surface area contributed by atoms with Crippen molar-refractivity contribution < 1.29 is 9.90 Å². The van der Waals surface area contributed by atoms with Crippen LogP contribution in [0, 0.1) is 6.92 Å². The SMILES string of the molecule is Cc1[nH]ncc1C(=O)Nc1cc(Cl)c(O)c(Cl)c1. The van der Waals surface area contributed by atoms with Gasteiger partial charge < -0.3 is 10.4 Å². The molecule has 0 saturated heterocycles. The maximum Gasteiger partial charge on any atom is 0.259 e. The zero-order valence-electron chi connectivity index (χ0n) is 9.29. The fraction of sp³-hybridized carbons (Fsp3) is 0.0909.